The molecule has 1 aromatic carbocycles. The van der Waals surface area contributed by atoms with Crippen LogP contribution >= 0.6 is 0 Å². The zero-order chi connectivity index (χ0) is 16.2. The van der Waals surface area contributed by atoms with Crippen LogP contribution in [0.15, 0.2) is 24.3 Å². The van der Waals surface area contributed by atoms with E-state index in [1.807, 2.05) is 0 Å². The quantitative estimate of drug-likeness (QED) is 0.863. The molecule has 1 saturated heterocycles. The second-order valence-electron chi connectivity index (χ2n) is 6.50. The average molecular weight is 313 g/mol. The molecule has 1 heterocycles. The number of hydrogen-bond acceptors (Lipinski definition) is 2. The van der Waals surface area contributed by atoms with Crippen LogP contribution in [0.2, 0.25) is 0 Å². The minimum atomic E-state index is -4.40. The van der Waals surface area contributed by atoms with Crippen LogP contribution in [0.5, 0.6) is 0 Å². The summed E-state index contributed by atoms with van der Waals surface area (Å²) in [6.45, 7) is 1.78. The van der Waals surface area contributed by atoms with Crippen molar-refractivity contribution in [2.45, 2.75) is 44.4 Å². The molecule has 2 fully saturated rings. The minimum absolute atomic E-state index is 0.122. The summed E-state index contributed by atoms with van der Waals surface area (Å²) in [6, 6.07) is 4.53. The first-order valence-electron chi connectivity index (χ1n) is 7.39. The maximum Gasteiger partial charge on any atom is 0.416 e. The Morgan fingerprint density at radius 3 is 2.18 bits per heavy atom. The summed E-state index contributed by atoms with van der Waals surface area (Å²) in [5.74, 6) is -0.172. The molecular formula is C16H18F3NO2. The van der Waals surface area contributed by atoms with E-state index < -0.39 is 22.8 Å². The highest BCUT2D eigenvalue weighted by molar-refractivity contribution is 6.01. The van der Waals surface area contributed by atoms with Crippen LogP contribution < -0.4 is 4.90 Å². The van der Waals surface area contributed by atoms with Gasteiger partial charge in [-0.2, -0.15) is 13.2 Å². The number of halogens is 3. The van der Waals surface area contributed by atoms with E-state index in [4.69, 9.17) is 0 Å². The predicted molar refractivity (Wildman–Crippen MR) is 75.3 cm³/mol. The smallest absolute Gasteiger partial charge is 0.387 e. The zero-order valence-electron chi connectivity index (χ0n) is 12.3. The maximum absolute atomic E-state index is 12.8. The van der Waals surface area contributed by atoms with Crippen molar-refractivity contribution >= 4 is 11.6 Å². The number of anilines is 1. The molecule has 1 atom stereocenters. The van der Waals surface area contributed by atoms with Crippen LogP contribution in [0.1, 0.15) is 38.2 Å². The van der Waals surface area contributed by atoms with E-state index in [-0.39, 0.29) is 12.5 Å². The molecule has 1 aromatic rings. The van der Waals surface area contributed by atoms with Crippen LogP contribution in [0, 0.1) is 5.41 Å². The number of aliphatic hydroxyl groups is 1. The summed E-state index contributed by atoms with van der Waals surface area (Å²) in [6.07, 6.45) is -1.34. The molecule has 1 aliphatic heterocycles. The summed E-state index contributed by atoms with van der Waals surface area (Å²) in [4.78, 5) is 14.2. The maximum atomic E-state index is 12.8. The topological polar surface area (TPSA) is 40.5 Å². The zero-order valence-corrected chi connectivity index (χ0v) is 12.3. The average Bonchev–Trinajstić information content (AvgIpc) is 3.00. The predicted octanol–water partition coefficient (Wildman–Crippen LogP) is 3.36. The molecule has 1 saturated carbocycles. The van der Waals surface area contributed by atoms with Gasteiger partial charge in [-0.25, -0.2) is 0 Å². The van der Waals surface area contributed by atoms with Crippen molar-refractivity contribution in [1.82, 2.24) is 0 Å². The molecule has 0 bridgehead atoms. The van der Waals surface area contributed by atoms with E-state index in [0.717, 1.165) is 25.0 Å². The minimum Gasteiger partial charge on any atom is -0.387 e. The molecule has 0 radical (unpaired) electrons. The standard InChI is InChI=1S/C16H18F3NO2/c1-14(22)10-20(13(21)15(14)8-2-3-9-15)12-6-4-11(5-7-12)16(17,18)19/h4-7,22H,2-3,8-10H2,1H3. The first-order chi connectivity index (χ1) is 10.2. The van der Waals surface area contributed by atoms with Gasteiger partial charge in [-0.1, -0.05) is 12.8 Å². The third-order valence-electron chi connectivity index (χ3n) is 5.11. The Morgan fingerprint density at radius 1 is 1.14 bits per heavy atom. The van der Waals surface area contributed by atoms with Gasteiger partial charge in [-0.3, -0.25) is 4.79 Å². The van der Waals surface area contributed by atoms with Gasteiger partial charge in [0.15, 0.2) is 0 Å². The number of carbonyl (C=O) groups is 1. The fourth-order valence-electron chi connectivity index (χ4n) is 3.79. The highest BCUT2D eigenvalue weighted by atomic mass is 19.4. The Balaban J connectivity index is 1.92. The molecular weight excluding hydrogens is 295 g/mol. The van der Waals surface area contributed by atoms with Gasteiger partial charge in [0.1, 0.15) is 0 Å². The lowest BCUT2D eigenvalue weighted by Gasteiger charge is -2.32. The molecule has 1 aliphatic carbocycles. The lowest BCUT2D eigenvalue weighted by molar-refractivity contribution is -0.137. The second-order valence-corrected chi connectivity index (χ2v) is 6.50. The Labute approximate surface area is 126 Å². The van der Waals surface area contributed by atoms with Crippen LogP contribution in [-0.2, 0) is 11.0 Å². The number of alkyl halides is 3. The van der Waals surface area contributed by atoms with Crippen LogP contribution in [0.4, 0.5) is 18.9 Å². The van der Waals surface area contributed by atoms with E-state index in [1.165, 1.54) is 17.0 Å². The fraction of sp³-hybridized carbons (Fsp3) is 0.562. The monoisotopic (exact) mass is 313 g/mol. The van der Waals surface area contributed by atoms with Crippen molar-refractivity contribution in [3.63, 3.8) is 0 Å². The van der Waals surface area contributed by atoms with Crippen molar-refractivity contribution in [3.8, 4) is 0 Å². The number of β-amino-alcohol motifs (C(OH)–C–C–N with tert-alkyl or cyclic N) is 1. The summed E-state index contributed by atoms with van der Waals surface area (Å²) < 4.78 is 37.8. The van der Waals surface area contributed by atoms with E-state index in [1.54, 1.807) is 6.92 Å². The van der Waals surface area contributed by atoms with E-state index >= 15 is 0 Å². The summed E-state index contributed by atoms with van der Waals surface area (Å²) in [7, 11) is 0. The van der Waals surface area contributed by atoms with E-state index in [0.29, 0.717) is 18.5 Å². The number of amides is 1. The highest BCUT2D eigenvalue weighted by Gasteiger charge is 2.61. The van der Waals surface area contributed by atoms with E-state index in [9.17, 15) is 23.1 Å². The molecule has 1 N–H and O–H groups in total. The third kappa shape index (κ3) is 2.12. The van der Waals surface area contributed by atoms with Gasteiger partial charge in [0, 0.05) is 5.69 Å². The van der Waals surface area contributed by atoms with E-state index in [2.05, 4.69) is 0 Å². The third-order valence-corrected chi connectivity index (χ3v) is 5.11. The first-order valence-corrected chi connectivity index (χ1v) is 7.39. The first kappa shape index (κ1) is 15.3. The van der Waals surface area contributed by atoms with Crippen LogP contribution in [0.25, 0.3) is 0 Å². The normalized spacial score (nSPS) is 27.9. The number of nitrogens with zero attached hydrogens (tertiary/aromatic N) is 1. The van der Waals surface area contributed by atoms with Gasteiger partial charge < -0.3 is 10.0 Å². The lowest BCUT2D eigenvalue weighted by atomic mass is 9.73. The largest absolute Gasteiger partial charge is 0.416 e. The van der Waals surface area contributed by atoms with Crippen molar-refractivity contribution in [3.05, 3.63) is 29.8 Å². The second kappa shape index (κ2) is 4.72. The molecule has 3 nitrogen and oxygen atoms in total. The fourth-order valence-corrected chi connectivity index (χ4v) is 3.79. The molecule has 0 aromatic heterocycles. The van der Waals surface area contributed by atoms with Crippen LogP contribution in [-0.4, -0.2) is 23.2 Å². The van der Waals surface area contributed by atoms with Crippen LogP contribution in [0.3, 0.4) is 0 Å². The van der Waals surface area contributed by atoms with Crippen molar-refractivity contribution in [1.29, 1.82) is 0 Å². The molecule has 22 heavy (non-hydrogen) atoms. The van der Waals surface area contributed by atoms with Crippen molar-refractivity contribution in [2.24, 2.45) is 5.41 Å². The Bertz CT molecular complexity index is 586. The lowest BCUT2D eigenvalue weighted by Crippen LogP contribution is -2.44. The van der Waals surface area contributed by atoms with Gasteiger partial charge in [-0.05, 0) is 44.0 Å². The molecule has 120 valence electrons. The van der Waals surface area contributed by atoms with Gasteiger partial charge in [0.2, 0.25) is 5.91 Å². The number of benzene rings is 1. The highest BCUT2D eigenvalue weighted by Crippen LogP contribution is 2.52. The number of rotatable bonds is 1. The van der Waals surface area contributed by atoms with Crippen molar-refractivity contribution < 1.29 is 23.1 Å². The summed E-state index contributed by atoms with van der Waals surface area (Å²) >= 11 is 0. The SMILES string of the molecule is CC1(O)CN(c2ccc(C(F)(F)F)cc2)C(=O)C12CCCC2. The molecule has 1 amide bonds. The molecule has 1 spiro atoms. The summed E-state index contributed by atoms with van der Waals surface area (Å²) in [5, 5.41) is 10.7. The van der Waals surface area contributed by atoms with Crippen molar-refractivity contribution in [2.75, 3.05) is 11.4 Å². The van der Waals surface area contributed by atoms with Gasteiger partial charge in [0.25, 0.3) is 0 Å². The molecule has 2 aliphatic rings. The molecule has 1 unspecified atom stereocenters. The molecule has 6 heteroatoms. The number of hydrogen-bond donors (Lipinski definition) is 1. The van der Waals surface area contributed by atoms with Gasteiger partial charge in [-0.15, -0.1) is 0 Å². The summed E-state index contributed by atoms with van der Waals surface area (Å²) in [5.41, 5.74) is -2.27. The van der Waals surface area contributed by atoms with Gasteiger partial charge in [0.05, 0.1) is 23.1 Å². The Hall–Kier alpha value is -1.56. The number of carbonyl (C=O) groups excluding carboxylic acids is 1. The molecule has 3 rings (SSSR count). The van der Waals surface area contributed by atoms with Gasteiger partial charge >= 0.3 is 6.18 Å². The Morgan fingerprint density at radius 2 is 1.68 bits per heavy atom. The Kier molecular flexibility index (Phi) is 3.29.